The monoisotopic (exact) mass is 396 g/mol. The fourth-order valence-electron chi connectivity index (χ4n) is 3.01. The minimum Gasteiger partial charge on any atom is -0.489 e. The minimum absolute atomic E-state index is 0.429. The van der Waals surface area contributed by atoms with Crippen LogP contribution in [0.3, 0.4) is 0 Å². The van der Waals surface area contributed by atoms with Crippen LogP contribution in [0.25, 0.3) is 0 Å². The third kappa shape index (κ3) is 6.12. The zero-order valence-electron chi connectivity index (χ0n) is 17.1. The molecule has 0 heterocycles. The topological polar surface area (TPSA) is 66.0 Å². The van der Waals surface area contributed by atoms with Gasteiger partial charge in [-0.3, -0.25) is 0 Å². The Morgan fingerprint density at radius 1 is 0.667 bits per heavy atom. The molecule has 150 valence electrons. The largest absolute Gasteiger partial charge is 0.489 e. The van der Waals surface area contributed by atoms with E-state index in [2.05, 4.69) is 31.2 Å². The molecule has 3 aromatic carbocycles. The number of nitriles is 2. The number of unbranched alkanes of at least 4 members (excludes halogenated alkanes) is 1. The standard InChI is InChI=1S/C26H24N2O2/c1-2-3-4-24-13-25(29-18-22-9-5-20(16-27)6-10-22)15-26(14-24)30-19-23-11-7-21(17-28)8-12-23/h5-15H,2-4,18-19H2,1H3. The Balaban J connectivity index is 1.69. The van der Waals surface area contributed by atoms with Crippen molar-refractivity contribution in [2.45, 2.75) is 39.4 Å². The maximum absolute atomic E-state index is 8.92. The molecule has 0 atom stereocenters. The Kier molecular flexibility index (Phi) is 7.47. The van der Waals surface area contributed by atoms with Crippen LogP contribution < -0.4 is 9.47 Å². The van der Waals surface area contributed by atoms with Crippen LogP contribution in [0.5, 0.6) is 11.5 Å². The van der Waals surface area contributed by atoms with E-state index < -0.39 is 0 Å². The zero-order valence-corrected chi connectivity index (χ0v) is 17.1. The molecule has 0 aliphatic rings. The fraction of sp³-hybridized carbons (Fsp3) is 0.231. The molecular formula is C26H24N2O2. The number of ether oxygens (including phenoxy) is 2. The summed E-state index contributed by atoms with van der Waals surface area (Å²) in [5, 5.41) is 17.8. The van der Waals surface area contributed by atoms with Gasteiger partial charge < -0.3 is 9.47 Å². The second-order valence-corrected chi connectivity index (χ2v) is 7.11. The van der Waals surface area contributed by atoms with E-state index in [1.807, 2.05) is 30.3 Å². The molecule has 0 unspecified atom stereocenters. The van der Waals surface area contributed by atoms with Gasteiger partial charge in [0.05, 0.1) is 23.3 Å². The van der Waals surface area contributed by atoms with E-state index in [-0.39, 0.29) is 0 Å². The van der Waals surface area contributed by atoms with Gasteiger partial charge in [-0.1, -0.05) is 37.6 Å². The lowest BCUT2D eigenvalue weighted by Crippen LogP contribution is -2.00. The van der Waals surface area contributed by atoms with Gasteiger partial charge in [0.25, 0.3) is 0 Å². The summed E-state index contributed by atoms with van der Waals surface area (Å²) in [4.78, 5) is 0. The third-order valence-electron chi connectivity index (χ3n) is 4.74. The highest BCUT2D eigenvalue weighted by molar-refractivity contribution is 5.39. The number of benzene rings is 3. The maximum atomic E-state index is 8.92. The molecule has 0 spiro atoms. The lowest BCUT2D eigenvalue weighted by atomic mass is 10.1. The van der Waals surface area contributed by atoms with Crippen LogP contribution in [-0.2, 0) is 19.6 Å². The van der Waals surface area contributed by atoms with Crippen molar-refractivity contribution in [2.75, 3.05) is 0 Å². The molecule has 0 bridgehead atoms. The van der Waals surface area contributed by atoms with Gasteiger partial charge >= 0.3 is 0 Å². The van der Waals surface area contributed by atoms with E-state index in [0.29, 0.717) is 24.3 Å². The Labute approximate surface area is 177 Å². The molecule has 0 aromatic heterocycles. The summed E-state index contributed by atoms with van der Waals surface area (Å²) < 4.78 is 12.0. The molecule has 0 N–H and O–H groups in total. The second kappa shape index (κ2) is 10.7. The van der Waals surface area contributed by atoms with Crippen LogP contribution in [0.1, 0.15) is 47.6 Å². The normalized spacial score (nSPS) is 10.1. The average Bonchev–Trinajstić information content (AvgIpc) is 2.80. The van der Waals surface area contributed by atoms with Crippen LogP contribution in [0.4, 0.5) is 0 Å². The van der Waals surface area contributed by atoms with Crippen molar-refractivity contribution in [3.05, 3.63) is 94.5 Å². The van der Waals surface area contributed by atoms with Crippen LogP contribution in [-0.4, -0.2) is 0 Å². The molecule has 30 heavy (non-hydrogen) atoms. The predicted octanol–water partition coefficient (Wildman–Crippen LogP) is 5.93. The number of hydrogen-bond acceptors (Lipinski definition) is 4. The molecular weight excluding hydrogens is 372 g/mol. The average molecular weight is 396 g/mol. The first-order valence-corrected chi connectivity index (χ1v) is 10.1. The van der Waals surface area contributed by atoms with E-state index in [0.717, 1.165) is 41.9 Å². The molecule has 4 heteroatoms. The highest BCUT2D eigenvalue weighted by atomic mass is 16.5. The van der Waals surface area contributed by atoms with Crippen molar-refractivity contribution in [3.8, 4) is 23.6 Å². The first-order valence-electron chi connectivity index (χ1n) is 10.1. The molecule has 0 saturated heterocycles. The minimum atomic E-state index is 0.429. The number of rotatable bonds is 9. The van der Waals surface area contributed by atoms with Crippen molar-refractivity contribution >= 4 is 0 Å². The van der Waals surface area contributed by atoms with Crippen LogP contribution in [0.2, 0.25) is 0 Å². The molecule has 0 aliphatic heterocycles. The SMILES string of the molecule is CCCCc1cc(OCc2ccc(C#N)cc2)cc(OCc2ccc(C#N)cc2)c1. The smallest absolute Gasteiger partial charge is 0.123 e. The van der Waals surface area contributed by atoms with Crippen LogP contribution >= 0.6 is 0 Å². The van der Waals surface area contributed by atoms with Crippen LogP contribution in [0, 0.1) is 22.7 Å². The van der Waals surface area contributed by atoms with Gasteiger partial charge in [-0.25, -0.2) is 0 Å². The number of nitrogens with zero attached hydrogens (tertiary/aromatic N) is 2. The predicted molar refractivity (Wildman–Crippen MR) is 116 cm³/mol. The van der Waals surface area contributed by atoms with Crippen LogP contribution in [0.15, 0.2) is 66.7 Å². The first-order chi connectivity index (χ1) is 14.7. The highest BCUT2D eigenvalue weighted by Crippen LogP contribution is 2.26. The van der Waals surface area contributed by atoms with Crippen molar-refractivity contribution in [3.63, 3.8) is 0 Å². The Morgan fingerprint density at radius 2 is 1.13 bits per heavy atom. The summed E-state index contributed by atoms with van der Waals surface area (Å²) in [5.74, 6) is 1.53. The second-order valence-electron chi connectivity index (χ2n) is 7.11. The fourth-order valence-corrected chi connectivity index (χ4v) is 3.01. The maximum Gasteiger partial charge on any atom is 0.123 e. The van der Waals surface area contributed by atoms with E-state index in [1.54, 1.807) is 24.3 Å². The van der Waals surface area contributed by atoms with Crippen molar-refractivity contribution in [2.24, 2.45) is 0 Å². The summed E-state index contributed by atoms with van der Waals surface area (Å²) in [6.45, 7) is 3.03. The summed E-state index contributed by atoms with van der Waals surface area (Å²) in [5.41, 5.74) is 4.47. The van der Waals surface area contributed by atoms with Gasteiger partial charge in [0, 0.05) is 6.07 Å². The Morgan fingerprint density at radius 3 is 1.53 bits per heavy atom. The number of aryl methyl sites for hydroxylation is 1. The molecule has 0 radical (unpaired) electrons. The molecule has 4 nitrogen and oxygen atoms in total. The van der Waals surface area contributed by atoms with Gasteiger partial charge in [0.15, 0.2) is 0 Å². The molecule has 0 saturated carbocycles. The summed E-state index contributed by atoms with van der Waals surface area (Å²) in [7, 11) is 0. The lowest BCUT2D eigenvalue weighted by Gasteiger charge is -2.13. The Bertz CT molecular complexity index is 963. The first kappa shape index (κ1) is 21.0. The van der Waals surface area contributed by atoms with Gasteiger partial charge in [0.2, 0.25) is 0 Å². The summed E-state index contributed by atoms with van der Waals surface area (Å²) in [6, 6.07) is 25.1. The molecule has 0 aliphatic carbocycles. The number of hydrogen-bond donors (Lipinski definition) is 0. The highest BCUT2D eigenvalue weighted by Gasteiger charge is 2.06. The molecule has 0 amide bonds. The van der Waals surface area contributed by atoms with E-state index in [1.165, 1.54) is 5.56 Å². The Hall–Kier alpha value is -3.76. The lowest BCUT2D eigenvalue weighted by molar-refractivity contribution is 0.289. The van der Waals surface area contributed by atoms with Crippen molar-refractivity contribution < 1.29 is 9.47 Å². The van der Waals surface area contributed by atoms with Crippen molar-refractivity contribution in [1.82, 2.24) is 0 Å². The van der Waals surface area contributed by atoms with Gasteiger partial charge in [-0.15, -0.1) is 0 Å². The van der Waals surface area contributed by atoms with Gasteiger partial charge in [-0.05, 0) is 65.9 Å². The van der Waals surface area contributed by atoms with E-state index in [4.69, 9.17) is 20.0 Å². The molecule has 3 rings (SSSR count). The molecule has 0 fully saturated rings. The quantitative estimate of drug-likeness (QED) is 0.449. The van der Waals surface area contributed by atoms with E-state index in [9.17, 15) is 0 Å². The van der Waals surface area contributed by atoms with Crippen molar-refractivity contribution in [1.29, 1.82) is 10.5 Å². The summed E-state index contributed by atoms with van der Waals surface area (Å²) in [6.07, 6.45) is 3.20. The van der Waals surface area contributed by atoms with E-state index >= 15 is 0 Å². The third-order valence-corrected chi connectivity index (χ3v) is 4.74. The zero-order chi connectivity index (χ0) is 21.2. The summed E-state index contributed by atoms with van der Waals surface area (Å²) >= 11 is 0. The van der Waals surface area contributed by atoms with Gasteiger partial charge in [-0.2, -0.15) is 10.5 Å². The molecule has 3 aromatic rings. The van der Waals surface area contributed by atoms with Gasteiger partial charge in [0.1, 0.15) is 24.7 Å².